The highest BCUT2D eigenvalue weighted by atomic mass is 35.5. The molecule has 0 aromatic heterocycles. The number of aliphatic hydroxyl groups excluding tert-OH is 4. The molecule has 8 unspecified atom stereocenters. The Morgan fingerprint density at radius 3 is 1.45 bits per heavy atom. The van der Waals surface area contributed by atoms with Crippen LogP contribution in [0.4, 0.5) is 9.59 Å². The summed E-state index contributed by atoms with van der Waals surface area (Å²) in [5.74, 6) is 10.1. The highest BCUT2D eigenvalue weighted by Gasteiger charge is 2.66. The Labute approximate surface area is 548 Å². The molecule has 500 valence electrons. The fourth-order valence-electron chi connectivity index (χ4n) is 22.4. The average molecular weight is 1280 g/mol. The van der Waals surface area contributed by atoms with Crippen LogP contribution in [0.15, 0.2) is 48.5 Å². The highest BCUT2D eigenvalue weighted by Crippen LogP contribution is 2.70. The third-order valence-corrected chi connectivity index (χ3v) is 27.3. The zero-order valence-electron chi connectivity index (χ0n) is 55.3. The lowest BCUT2D eigenvalue weighted by molar-refractivity contribution is -0.175. The number of hydrogen-bond donors (Lipinski definition) is 5. The minimum absolute atomic E-state index is 0.00651. The monoisotopic (exact) mass is 1270 g/mol. The van der Waals surface area contributed by atoms with Gasteiger partial charge in [-0.25, -0.2) is 9.59 Å². The Balaban J connectivity index is 0.000000167. The summed E-state index contributed by atoms with van der Waals surface area (Å²) in [6.45, 7) is 13.9. The maximum absolute atomic E-state index is 12.9. The number of carbonyl (C=O) groups is 4. The number of amides is 2. The first-order valence-corrected chi connectivity index (χ1v) is 35.6. The van der Waals surface area contributed by atoms with Crippen molar-refractivity contribution < 1.29 is 58.9 Å². The van der Waals surface area contributed by atoms with Gasteiger partial charge in [0.15, 0.2) is 6.07 Å². The number of carboxylic acids is 1. The average Bonchev–Trinajstić information content (AvgIpc) is 1.70. The van der Waals surface area contributed by atoms with Crippen LogP contribution >= 0.6 is 11.6 Å². The fraction of sp³-hybridized carbons (Fsp3) is 0.737. The number of benzene rings is 2. The van der Waals surface area contributed by atoms with Crippen molar-refractivity contribution in [3.05, 3.63) is 70.8 Å². The van der Waals surface area contributed by atoms with E-state index in [0.717, 1.165) is 114 Å². The normalized spacial score (nSPS) is 38.5. The minimum atomic E-state index is -0.707. The zero-order chi connectivity index (χ0) is 65.2. The quantitative estimate of drug-likeness (QED) is 0.0489. The number of carbonyl (C=O) groups excluding carboxylic acids is 3. The molecule has 10 aliphatic rings. The third kappa shape index (κ3) is 13.6. The summed E-state index contributed by atoms with van der Waals surface area (Å²) in [5.41, 5.74) is 5.02. The van der Waals surface area contributed by atoms with Crippen LogP contribution in [-0.2, 0) is 36.6 Å². The van der Waals surface area contributed by atoms with Crippen LogP contribution < -0.4 is 0 Å². The number of terminal acetylenes is 2. The molecule has 14 nitrogen and oxygen atoms in total. The number of alkyl halides is 1. The Hall–Kier alpha value is -4.83. The number of rotatable bonds is 15. The molecule has 2 amide bonds. The van der Waals surface area contributed by atoms with E-state index in [1.165, 1.54) is 43.2 Å². The van der Waals surface area contributed by atoms with E-state index >= 15 is 0 Å². The van der Waals surface area contributed by atoms with Gasteiger partial charge >= 0.3 is 24.1 Å². The zero-order valence-corrected chi connectivity index (χ0v) is 56.1. The summed E-state index contributed by atoms with van der Waals surface area (Å²) in [6, 6.07) is 15.8. The molecular weight excluding hydrogens is 1170 g/mol. The van der Waals surface area contributed by atoms with Crippen molar-refractivity contribution in [2.75, 3.05) is 25.9 Å². The summed E-state index contributed by atoms with van der Waals surface area (Å²) in [6.07, 6.45) is 31.4. The maximum Gasteiger partial charge on any atom is 0.413 e. The molecule has 12 rings (SSSR count). The van der Waals surface area contributed by atoms with Gasteiger partial charge in [0.25, 0.3) is 0 Å². The van der Waals surface area contributed by atoms with Gasteiger partial charge in [-0.3, -0.25) is 19.4 Å². The largest absolute Gasteiger partial charge is 0.481 e. The van der Waals surface area contributed by atoms with E-state index in [0.29, 0.717) is 71.5 Å². The summed E-state index contributed by atoms with van der Waals surface area (Å²) in [7, 11) is 0. The van der Waals surface area contributed by atoms with Gasteiger partial charge in [-0.2, -0.15) is 0 Å². The Morgan fingerprint density at radius 2 is 1.01 bits per heavy atom. The van der Waals surface area contributed by atoms with Gasteiger partial charge in [0.1, 0.15) is 0 Å². The molecule has 0 bridgehead atoms. The van der Waals surface area contributed by atoms with Crippen molar-refractivity contribution in [2.45, 2.75) is 232 Å². The predicted octanol–water partition coefficient (Wildman–Crippen LogP) is 14.1. The van der Waals surface area contributed by atoms with Gasteiger partial charge in [0.05, 0.1) is 49.6 Å². The molecule has 0 spiro atoms. The molecule has 5 N–H and O–H groups in total. The smallest absolute Gasteiger partial charge is 0.413 e. The van der Waals surface area contributed by atoms with Crippen molar-refractivity contribution in [1.82, 2.24) is 9.80 Å². The van der Waals surface area contributed by atoms with Gasteiger partial charge in [0.2, 0.25) is 6.79 Å². The van der Waals surface area contributed by atoms with Crippen molar-refractivity contribution in [1.29, 1.82) is 0 Å². The number of ether oxygens (including phenoxy) is 3. The summed E-state index contributed by atoms with van der Waals surface area (Å²) in [5, 5.41) is 52.9. The molecule has 0 radical (unpaired) electrons. The molecule has 8 fully saturated rings. The Bertz CT molecular complexity index is 2960. The van der Waals surface area contributed by atoms with Gasteiger partial charge in [-0.15, -0.1) is 12.8 Å². The minimum Gasteiger partial charge on any atom is -0.481 e. The van der Waals surface area contributed by atoms with Crippen LogP contribution in [0.2, 0.25) is 0 Å². The second-order valence-corrected chi connectivity index (χ2v) is 31.2. The molecule has 10 aliphatic carbocycles. The third-order valence-electron chi connectivity index (χ3n) is 27.2. The van der Waals surface area contributed by atoms with Crippen LogP contribution in [0.3, 0.4) is 0 Å². The predicted molar refractivity (Wildman–Crippen MR) is 350 cm³/mol. The molecule has 0 aliphatic heterocycles. The number of hydrogen-bond acceptors (Lipinski definition) is 11. The van der Waals surface area contributed by atoms with E-state index in [1.54, 1.807) is 9.80 Å². The molecule has 15 heteroatoms. The number of nitrogens with zero attached hydrogens (tertiary/aromatic N) is 2. The highest BCUT2D eigenvalue weighted by molar-refractivity contribution is 6.17. The maximum atomic E-state index is 12.9. The number of aliphatic hydroxyl groups is 4. The first-order chi connectivity index (χ1) is 43.5. The topological polar surface area (TPSA) is 204 Å². The molecule has 2 aromatic carbocycles. The number of halogens is 1. The van der Waals surface area contributed by atoms with Crippen LogP contribution in [0, 0.1) is 117 Å². The standard InChI is InChI=1S/C38H53NO6.C24H40O4.C14H14ClNO2/c1-5-20-39(33-16-11-25-8-6-7-9-28(25)33)36(43)45-23-44-35(42)17-10-24(2)30-14-15-31-29-13-12-26-21-27(40)18-19-37(26,3)32(29)22-34(41)38(30,31)4;1-14(4-9-22(27)28)18-7-8-19-17-6-5-15-12-16(25)10-11-23(15,2)20(17)13-21(26)24(18,19)3;1-2-9-16(14(17)18-10-15)13-8-7-11-5-3-4-6-12(11)13/h1,6-9,24,26-27,29-34,40-41H,10-23H2,2-4H3;14-21,25-26H,4-13H2,1-3H3,(H,27,28);1,3-6,13H,7-10H2/t24-,26-,27-,29?,30?,31?,32?,33-,34+,37+,38-;14-,15-,16-,17?,18?,19?,20?,21+,23+,24-;13-/m111/s1. The van der Waals surface area contributed by atoms with Crippen molar-refractivity contribution in [3.63, 3.8) is 0 Å². The van der Waals surface area contributed by atoms with Crippen LogP contribution in [0.1, 0.15) is 217 Å². The van der Waals surface area contributed by atoms with E-state index in [-0.39, 0.29) is 102 Å². The lowest BCUT2D eigenvalue weighted by Gasteiger charge is -2.62. The molecule has 22 atom stereocenters. The van der Waals surface area contributed by atoms with Gasteiger partial charge < -0.3 is 39.7 Å². The van der Waals surface area contributed by atoms with Crippen molar-refractivity contribution >= 4 is 35.7 Å². The Kier molecular flexibility index (Phi) is 22.0. The molecule has 0 heterocycles. The molecule has 91 heavy (non-hydrogen) atoms. The second-order valence-electron chi connectivity index (χ2n) is 30.9. The molecular formula is C76H107ClN2O12. The van der Waals surface area contributed by atoms with Crippen molar-refractivity contribution in [3.8, 4) is 24.7 Å². The number of aliphatic carboxylic acids is 1. The number of aryl methyl sites for hydroxylation is 2. The van der Waals surface area contributed by atoms with Crippen molar-refractivity contribution in [2.24, 2.45) is 92.7 Å². The fourth-order valence-corrected chi connectivity index (χ4v) is 22.5. The SMILES string of the molecule is C#CCN(C(=O)OCCl)[C@@H]1CCc2ccccc21.C#CCN(C(=O)OCOC(=O)CC[C@@H](C)C1CCC2C3CC[C@@H]4C[C@H](O)CC[C@]4(C)C3C[C@H](O)[C@@]21C)[C@@H]1CCc2ccccc21.C[C@H](CCC(=O)O)C1CCC2C3CC[C@@H]4C[C@H](O)CC[C@]4(C)C3C[C@H](O)[C@@]21C. The molecule has 0 saturated heterocycles. The van der Waals surface area contributed by atoms with Gasteiger partial charge in [-0.05, 0) is 256 Å². The first-order valence-electron chi connectivity index (χ1n) is 35.1. The number of fused-ring (bicyclic) bond motifs is 12. The first kappa shape index (κ1) is 69.0. The van der Waals surface area contributed by atoms with E-state index < -0.39 is 24.9 Å². The van der Waals surface area contributed by atoms with E-state index in [9.17, 15) is 39.6 Å². The lowest BCUT2D eigenvalue weighted by atomic mass is 9.43. The van der Waals surface area contributed by atoms with Crippen LogP contribution in [0.25, 0.3) is 0 Å². The molecule has 8 saturated carbocycles. The van der Waals surface area contributed by atoms with E-state index in [1.807, 2.05) is 36.4 Å². The number of esters is 1. The van der Waals surface area contributed by atoms with Gasteiger partial charge in [-0.1, -0.05) is 114 Å². The lowest BCUT2D eigenvalue weighted by Crippen LogP contribution is -2.58. The summed E-state index contributed by atoms with van der Waals surface area (Å²) >= 11 is 5.43. The Morgan fingerprint density at radius 1 is 0.571 bits per heavy atom. The second kappa shape index (κ2) is 29.0. The summed E-state index contributed by atoms with van der Waals surface area (Å²) in [4.78, 5) is 51.7. The van der Waals surface area contributed by atoms with E-state index in [4.69, 9.17) is 43.8 Å². The van der Waals surface area contributed by atoms with E-state index in [2.05, 4.69) is 65.5 Å². The molecule has 2 aromatic rings. The number of carboxylic acid groups (broad SMARTS) is 1. The van der Waals surface area contributed by atoms with Crippen LogP contribution in [0.5, 0.6) is 0 Å². The van der Waals surface area contributed by atoms with Crippen LogP contribution in [-0.4, -0.2) is 110 Å². The van der Waals surface area contributed by atoms with Gasteiger partial charge in [0, 0.05) is 12.8 Å². The summed E-state index contributed by atoms with van der Waals surface area (Å²) < 4.78 is 15.6.